The van der Waals surface area contributed by atoms with Gasteiger partial charge in [0.2, 0.25) is 11.8 Å². The molecule has 82 heavy (non-hydrogen) atoms. The molecule has 4 fully saturated rings. The lowest BCUT2D eigenvalue weighted by molar-refractivity contribution is -0.120. The Balaban J connectivity index is 0.892. The van der Waals surface area contributed by atoms with Crippen LogP contribution in [0, 0.1) is 52.4 Å². The second-order valence-corrected chi connectivity index (χ2v) is 22.8. The van der Waals surface area contributed by atoms with Crippen molar-refractivity contribution in [2.45, 2.75) is 94.2 Å². The molecule has 0 bridgehead atoms. The summed E-state index contributed by atoms with van der Waals surface area (Å²) in [5.41, 5.74) is 12.4. The quantitative estimate of drug-likeness (QED) is 0.0612. The van der Waals surface area contributed by atoms with Crippen molar-refractivity contribution in [1.82, 2.24) is 25.5 Å². The zero-order chi connectivity index (χ0) is 57.9. The van der Waals surface area contributed by atoms with E-state index >= 15 is 0 Å². The zero-order valence-electron chi connectivity index (χ0n) is 48.9. The van der Waals surface area contributed by atoms with Crippen LogP contribution < -0.4 is 41.4 Å². The molecule has 2 atom stereocenters. The summed E-state index contributed by atoms with van der Waals surface area (Å²) in [6.07, 6.45) is 2.76. The molecule has 10 rings (SSSR count). The van der Waals surface area contributed by atoms with Gasteiger partial charge in [0.25, 0.3) is 22.9 Å². The number of benzene rings is 4. The van der Waals surface area contributed by atoms with Crippen molar-refractivity contribution in [3.63, 3.8) is 0 Å². The number of likely N-dealkylation sites (N-methyl/N-ethyl adjacent to an activating group) is 1. The van der Waals surface area contributed by atoms with Crippen LogP contribution in [-0.4, -0.2) is 111 Å². The molecule has 0 spiro atoms. The first-order valence-electron chi connectivity index (χ1n) is 29.4. The van der Waals surface area contributed by atoms with Crippen molar-refractivity contribution in [2.75, 3.05) is 91.7 Å². The molecule has 2 saturated heterocycles. The van der Waals surface area contributed by atoms with Gasteiger partial charge in [0.15, 0.2) is 0 Å². The number of pyridine rings is 2. The Morgan fingerprint density at radius 2 is 1.07 bits per heavy atom. The Labute approximate surface area is 481 Å². The maximum absolute atomic E-state index is 14.9. The molecule has 16 heteroatoms. The standard InChI is InChI=1S/C66H79N9O7/c1-9-71-22-24-72(25-23-71)52-18-14-45(15-19-52)49-34-55(61(76)67-38-57-40(4)30-41(5)69-63(57)78)44(8)60(37-49)75(11-3)66(81)56-35-51(56)32-50-31-42(6)70-64(79)58(50)39-68-62(77)54-33-48(36-59(43(54)7)74(10-2)65(80)47-12-13-47)46-16-20-53(21-17-46)73-26-28-82-29-27-73/h14-21,30-31,33-34,36-37,47,51,56H,9-13,22-29,32,35,38-39H2,1-8H3,(H,67,76)(H,68,77)(H,69,78)(H,70,79). The average molecular weight is 1110 g/mol. The minimum absolute atomic E-state index is 0.0206. The Hall–Kier alpha value is -7.82. The van der Waals surface area contributed by atoms with E-state index in [0.29, 0.717) is 89.6 Å². The van der Waals surface area contributed by atoms with E-state index in [1.165, 1.54) is 0 Å². The lowest BCUT2D eigenvalue weighted by Crippen LogP contribution is -2.46. The molecule has 4 amide bonds. The topological polar surface area (TPSA) is 183 Å². The number of rotatable bonds is 19. The highest BCUT2D eigenvalue weighted by molar-refractivity contribution is 6.04. The van der Waals surface area contributed by atoms with Crippen LogP contribution >= 0.6 is 0 Å². The van der Waals surface area contributed by atoms with Gasteiger partial charge in [-0.25, -0.2) is 0 Å². The predicted molar refractivity (Wildman–Crippen MR) is 325 cm³/mol. The highest BCUT2D eigenvalue weighted by atomic mass is 16.5. The Kier molecular flexibility index (Phi) is 17.3. The SMILES string of the molecule is CCN1CCN(c2ccc(-c3cc(C(=O)NCc4c(C)cc(C)[nH]c4=O)c(C)c(N(CC)C(=O)C4CC4Cc4cc(C)[nH]c(=O)c4CNC(=O)c4cc(-c5ccc(N6CCOCC6)cc5)cc(N(CC)C(=O)C5CC5)c4C)c3)cc2)CC1. The lowest BCUT2D eigenvalue weighted by Gasteiger charge is -2.35. The van der Waals surface area contributed by atoms with Gasteiger partial charge in [0.1, 0.15) is 0 Å². The third kappa shape index (κ3) is 12.5. The molecule has 4 N–H and O–H groups in total. The summed E-state index contributed by atoms with van der Waals surface area (Å²) in [5.74, 6) is -1.18. The molecule has 2 saturated carbocycles. The first kappa shape index (κ1) is 57.4. The highest BCUT2D eigenvalue weighted by Gasteiger charge is 2.45. The molecule has 2 aromatic heterocycles. The number of anilines is 4. The predicted octanol–water partition coefficient (Wildman–Crippen LogP) is 8.77. The minimum atomic E-state index is -0.365. The zero-order valence-corrected chi connectivity index (χ0v) is 48.9. The average Bonchev–Trinajstić information content (AvgIpc) is 4.54. The van der Waals surface area contributed by atoms with Gasteiger partial charge in [-0.3, -0.25) is 28.8 Å². The number of H-pyrrole nitrogens is 2. The largest absolute Gasteiger partial charge is 0.378 e. The summed E-state index contributed by atoms with van der Waals surface area (Å²) in [6, 6.07) is 28.3. The first-order chi connectivity index (χ1) is 39.5. The number of piperazine rings is 1. The number of morpholine rings is 1. The Bertz CT molecular complexity index is 3500. The molecule has 4 aliphatic rings. The number of aromatic amines is 2. The second kappa shape index (κ2) is 24.7. The van der Waals surface area contributed by atoms with Crippen LogP contribution in [0.5, 0.6) is 0 Å². The van der Waals surface area contributed by atoms with Crippen LogP contribution in [0.3, 0.4) is 0 Å². The molecule has 0 radical (unpaired) electrons. The molecule has 2 aliphatic carbocycles. The highest BCUT2D eigenvalue weighted by Crippen LogP contribution is 2.45. The lowest BCUT2D eigenvalue weighted by atomic mass is 9.95. The van der Waals surface area contributed by atoms with E-state index in [1.54, 1.807) is 9.80 Å². The van der Waals surface area contributed by atoms with Crippen LogP contribution in [0.2, 0.25) is 0 Å². The number of hydrogen-bond donors (Lipinski definition) is 4. The molecule has 4 heterocycles. The van der Waals surface area contributed by atoms with E-state index in [2.05, 4.69) is 90.8 Å². The van der Waals surface area contributed by atoms with Gasteiger partial charge in [-0.15, -0.1) is 0 Å². The van der Waals surface area contributed by atoms with E-state index in [1.807, 2.05) is 84.9 Å². The number of amides is 4. The summed E-state index contributed by atoms with van der Waals surface area (Å²) >= 11 is 0. The number of carbonyl (C=O) groups is 4. The number of carbonyl (C=O) groups excluding carboxylic acids is 4. The van der Waals surface area contributed by atoms with Crippen LogP contribution in [0.4, 0.5) is 22.7 Å². The fourth-order valence-corrected chi connectivity index (χ4v) is 12.1. The van der Waals surface area contributed by atoms with E-state index in [-0.39, 0.29) is 65.6 Å². The van der Waals surface area contributed by atoms with Gasteiger partial charge in [-0.2, -0.15) is 0 Å². The fraction of sp³-hybridized carbons (Fsp3) is 0.424. The Morgan fingerprint density at radius 3 is 1.57 bits per heavy atom. The molecule has 2 unspecified atom stereocenters. The van der Waals surface area contributed by atoms with Crippen LogP contribution in [0.25, 0.3) is 22.3 Å². The first-order valence-corrected chi connectivity index (χ1v) is 29.4. The third-order valence-corrected chi connectivity index (χ3v) is 17.3. The molecule has 2 aliphatic heterocycles. The third-order valence-electron chi connectivity index (χ3n) is 17.3. The molecular weight excluding hydrogens is 1030 g/mol. The molecule has 6 aromatic rings. The fourth-order valence-electron chi connectivity index (χ4n) is 12.1. The molecule has 4 aromatic carbocycles. The summed E-state index contributed by atoms with van der Waals surface area (Å²) in [6.45, 7) is 24.0. The summed E-state index contributed by atoms with van der Waals surface area (Å²) in [5, 5.41) is 6.11. The van der Waals surface area contributed by atoms with Crippen LogP contribution in [0.15, 0.2) is 94.5 Å². The minimum Gasteiger partial charge on any atom is -0.378 e. The van der Waals surface area contributed by atoms with Gasteiger partial charge in [-0.05, 0) is 192 Å². The molecule has 16 nitrogen and oxygen atoms in total. The van der Waals surface area contributed by atoms with Crippen molar-refractivity contribution in [3.8, 4) is 22.3 Å². The molecular formula is C66H79N9O7. The number of ether oxygens (including phenoxy) is 1. The van der Waals surface area contributed by atoms with Crippen molar-refractivity contribution >= 4 is 46.4 Å². The van der Waals surface area contributed by atoms with Crippen molar-refractivity contribution in [3.05, 3.63) is 162 Å². The van der Waals surface area contributed by atoms with Gasteiger partial charge >= 0.3 is 0 Å². The second-order valence-electron chi connectivity index (χ2n) is 22.8. The summed E-state index contributed by atoms with van der Waals surface area (Å²) < 4.78 is 5.57. The van der Waals surface area contributed by atoms with Crippen molar-refractivity contribution in [1.29, 1.82) is 0 Å². The van der Waals surface area contributed by atoms with E-state index < -0.39 is 0 Å². The maximum atomic E-state index is 14.9. The number of aryl methyl sites for hydroxylation is 3. The maximum Gasteiger partial charge on any atom is 0.253 e. The van der Waals surface area contributed by atoms with Crippen molar-refractivity contribution < 1.29 is 23.9 Å². The smallest absolute Gasteiger partial charge is 0.253 e. The van der Waals surface area contributed by atoms with E-state index in [4.69, 9.17) is 4.74 Å². The Morgan fingerprint density at radius 1 is 0.585 bits per heavy atom. The number of nitrogens with one attached hydrogen (secondary N) is 4. The van der Waals surface area contributed by atoms with Crippen LogP contribution in [0.1, 0.15) is 106 Å². The van der Waals surface area contributed by atoms with Crippen molar-refractivity contribution in [2.24, 2.45) is 17.8 Å². The van der Waals surface area contributed by atoms with E-state index in [9.17, 15) is 28.8 Å². The normalized spacial score (nSPS) is 17.1. The summed E-state index contributed by atoms with van der Waals surface area (Å²) in [4.78, 5) is 101. The van der Waals surface area contributed by atoms with Gasteiger partial charge in [0.05, 0.1) is 13.2 Å². The van der Waals surface area contributed by atoms with Gasteiger partial charge < -0.3 is 49.8 Å². The van der Waals surface area contributed by atoms with Gasteiger partial charge in [0, 0.05) is 134 Å². The van der Waals surface area contributed by atoms with Gasteiger partial charge in [-0.1, -0.05) is 31.2 Å². The monoisotopic (exact) mass is 1110 g/mol. The number of hydrogen-bond acceptors (Lipinski definition) is 10. The van der Waals surface area contributed by atoms with E-state index in [0.717, 1.165) is 109 Å². The summed E-state index contributed by atoms with van der Waals surface area (Å²) in [7, 11) is 0. The number of aromatic nitrogens is 2. The van der Waals surface area contributed by atoms with Crippen LogP contribution in [-0.2, 0) is 33.8 Å². The molecule has 430 valence electrons. The number of nitrogens with zero attached hydrogens (tertiary/aromatic N) is 5.